The Kier molecular flexibility index (Phi) is 1.83. The van der Waals surface area contributed by atoms with Crippen molar-refractivity contribution in [3.8, 4) is 0 Å². The van der Waals surface area contributed by atoms with Crippen LogP contribution in [0, 0.1) is 0 Å². The van der Waals surface area contributed by atoms with Crippen LogP contribution >= 0.6 is 0 Å². The molecule has 2 aliphatic heterocycles. The molecule has 12 heavy (non-hydrogen) atoms. The van der Waals surface area contributed by atoms with Gasteiger partial charge in [-0.3, -0.25) is 0 Å². The fourth-order valence-corrected chi connectivity index (χ4v) is 1.81. The fraction of sp³-hybridized carbons (Fsp3) is 0.750. The van der Waals surface area contributed by atoms with Gasteiger partial charge in [-0.05, 0) is 13.0 Å². The van der Waals surface area contributed by atoms with Crippen molar-refractivity contribution in [3.05, 3.63) is 11.8 Å². The molecular formula is C8H13NO3. The van der Waals surface area contributed by atoms with E-state index >= 15 is 0 Å². The van der Waals surface area contributed by atoms with Crippen LogP contribution in [0.25, 0.3) is 0 Å². The second-order valence-electron chi connectivity index (χ2n) is 3.20. The normalized spacial score (nSPS) is 43.9. The Bertz CT molecular complexity index is 216. The van der Waals surface area contributed by atoms with Crippen LogP contribution in [0.5, 0.6) is 0 Å². The second kappa shape index (κ2) is 2.73. The van der Waals surface area contributed by atoms with Crippen LogP contribution in [0.3, 0.4) is 0 Å². The molecule has 0 saturated carbocycles. The monoisotopic (exact) mass is 171 g/mol. The molecule has 4 heteroatoms. The lowest BCUT2D eigenvalue weighted by atomic mass is 10.1. The van der Waals surface area contributed by atoms with Gasteiger partial charge in [-0.1, -0.05) is 0 Å². The molecule has 0 amide bonds. The lowest BCUT2D eigenvalue weighted by Gasteiger charge is -2.39. The number of rotatable bonds is 1. The van der Waals surface area contributed by atoms with Gasteiger partial charge in [0.15, 0.2) is 6.23 Å². The smallest absolute Gasteiger partial charge is 0.158 e. The van der Waals surface area contributed by atoms with E-state index < -0.39 is 0 Å². The van der Waals surface area contributed by atoms with Gasteiger partial charge >= 0.3 is 0 Å². The zero-order valence-electron chi connectivity index (χ0n) is 6.97. The molecule has 2 saturated heterocycles. The summed E-state index contributed by atoms with van der Waals surface area (Å²) in [6.07, 6.45) is 1.99. The van der Waals surface area contributed by atoms with Gasteiger partial charge in [-0.2, -0.15) is 0 Å². The quantitative estimate of drug-likeness (QED) is 0.565. The summed E-state index contributed by atoms with van der Waals surface area (Å²) in [5.41, 5.74) is 0. The molecule has 0 aromatic carbocycles. The minimum absolute atomic E-state index is 0.00364. The molecule has 4 nitrogen and oxygen atoms in total. The largest absolute Gasteiger partial charge is 0.478 e. The van der Waals surface area contributed by atoms with E-state index in [-0.39, 0.29) is 25.1 Å². The molecule has 68 valence electrons. The predicted molar refractivity (Wildman–Crippen MR) is 42.0 cm³/mol. The van der Waals surface area contributed by atoms with Crippen molar-refractivity contribution in [2.24, 2.45) is 0 Å². The van der Waals surface area contributed by atoms with Gasteiger partial charge in [0.05, 0.1) is 12.6 Å². The van der Waals surface area contributed by atoms with Crippen LogP contribution in [-0.2, 0) is 4.74 Å². The molecule has 2 N–H and O–H groups in total. The van der Waals surface area contributed by atoms with Crippen LogP contribution in [0.4, 0.5) is 0 Å². The van der Waals surface area contributed by atoms with Crippen molar-refractivity contribution < 1.29 is 14.9 Å². The summed E-state index contributed by atoms with van der Waals surface area (Å²) in [5, 5.41) is 18.0. The highest BCUT2D eigenvalue weighted by atomic mass is 16.5. The first-order chi connectivity index (χ1) is 5.74. The molecule has 2 heterocycles. The molecule has 2 aliphatic rings. The highest BCUT2D eigenvalue weighted by Crippen LogP contribution is 2.38. The molecule has 2 fully saturated rings. The first-order valence-corrected chi connectivity index (χ1v) is 4.17. The Morgan fingerprint density at radius 3 is 3.00 bits per heavy atom. The van der Waals surface area contributed by atoms with E-state index in [1.165, 1.54) is 0 Å². The molecule has 0 radical (unpaired) electrons. The maximum Gasteiger partial charge on any atom is 0.158 e. The summed E-state index contributed by atoms with van der Waals surface area (Å²) in [7, 11) is 0. The van der Waals surface area contributed by atoms with E-state index in [9.17, 15) is 5.11 Å². The average molecular weight is 171 g/mol. The summed E-state index contributed by atoms with van der Waals surface area (Å²) in [5.74, 6) is 0.777. The van der Waals surface area contributed by atoms with Crippen LogP contribution in [0.15, 0.2) is 11.8 Å². The number of nitrogens with zero attached hydrogens (tertiary/aromatic N) is 1. The molecule has 0 aromatic rings. The summed E-state index contributed by atoms with van der Waals surface area (Å²) < 4.78 is 5.45. The highest BCUT2D eigenvalue weighted by molar-refractivity contribution is 5.11. The molecule has 2 rings (SSSR count). The lowest BCUT2D eigenvalue weighted by Crippen LogP contribution is -2.55. The van der Waals surface area contributed by atoms with Crippen LogP contribution < -0.4 is 0 Å². The van der Waals surface area contributed by atoms with Gasteiger partial charge < -0.3 is 14.9 Å². The van der Waals surface area contributed by atoms with Gasteiger partial charge in [0.2, 0.25) is 0 Å². The van der Waals surface area contributed by atoms with E-state index in [4.69, 9.17) is 9.84 Å². The number of hydrogen-bond acceptors (Lipinski definition) is 4. The summed E-state index contributed by atoms with van der Waals surface area (Å²) in [4.78, 5) is 1.89. The van der Waals surface area contributed by atoms with Crippen molar-refractivity contribution >= 4 is 0 Å². The van der Waals surface area contributed by atoms with Gasteiger partial charge in [0, 0.05) is 6.42 Å². The van der Waals surface area contributed by atoms with E-state index in [0.717, 1.165) is 5.76 Å². The predicted octanol–water partition coefficient (Wildman–Crippen LogP) is -0.369. The first-order valence-electron chi connectivity index (χ1n) is 4.17. The van der Waals surface area contributed by atoms with Crippen LogP contribution in [0.2, 0.25) is 0 Å². The molecule has 0 aromatic heterocycles. The molecule has 1 unspecified atom stereocenters. The van der Waals surface area contributed by atoms with Gasteiger partial charge in [0.1, 0.15) is 12.0 Å². The van der Waals surface area contributed by atoms with Crippen molar-refractivity contribution in [3.63, 3.8) is 0 Å². The third kappa shape index (κ3) is 0.957. The van der Waals surface area contributed by atoms with E-state index in [1.807, 2.05) is 11.8 Å². The number of hydrogen-bond donors (Lipinski definition) is 2. The third-order valence-corrected chi connectivity index (χ3v) is 2.51. The van der Waals surface area contributed by atoms with Gasteiger partial charge in [0.25, 0.3) is 0 Å². The van der Waals surface area contributed by atoms with E-state index in [0.29, 0.717) is 6.42 Å². The number of ether oxygens (including phenoxy) is 1. The molecular weight excluding hydrogens is 158 g/mol. The SMILES string of the molecule is CC1/C(=C/CO)O[C@@H]2C[C@H](O)N12. The fourth-order valence-electron chi connectivity index (χ4n) is 1.81. The number of aliphatic hydroxyl groups is 2. The molecule has 0 bridgehead atoms. The molecule has 3 atom stereocenters. The maximum atomic E-state index is 9.33. The third-order valence-electron chi connectivity index (χ3n) is 2.51. The minimum Gasteiger partial charge on any atom is -0.478 e. The van der Waals surface area contributed by atoms with Gasteiger partial charge in [-0.25, -0.2) is 4.90 Å². The van der Waals surface area contributed by atoms with Gasteiger partial charge in [-0.15, -0.1) is 0 Å². The Hall–Kier alpha value is -0.580. The van der Waals surface area contributed by atoms with Crippen LogP contribution in [0.1, 0.15) is 13.3 Å². The molecule has 0 spiro atoms. The Balaban J connectivity index is 2.10. The standard InChI is InChI=1S/C8H13NO3/c1-5-6(2-3-10)12-8-4-7(11)9(5)8/h2,5,7-8,10-11H,3-4H2,1H3/b6-2-/t5?,7-,8+/m0/s1. The zero-order chi connectivity index (χ0) is 8.72. The second-order valence-corrected chi connectivity index (χ2v) is 3.20. The Morgan fingerprint density at radius 1 is 1.75 bits per heavy atom. The van der Waals surface area contributed by atoms with E-state index in [1.54, 1.807) is 6.08 Å². The minimum atomic E-state index is -0.366. The lowest BCUT2D eigenvalue weighted by molar-refractivity contribution is -0.172. The van der Waals surface area contributed by atoms with E-state index in [2.05, 4.69) is 0 Å². The Labute approximate surface area is 71.1 Å². The van der Waals surface area contributed by atoms with Crippen molar-refractivity contribution in [2.45, 2.75) is 31.8 Å². The maximum absolute atomic E-state index is 9.33. The van der Waals surface area contributed by atoms with Crippen LogP contribution in [-0.4, -0.2) is 40.2 Å². The zero-order valence-corrected chi connectivity index (χ0v) is 6.97. The summed E-state index contributed by atoms with van der Waals surface area (Å²) in [6.45, 7) is 1.96. The number of fused-ring (bicyclic) bond motifs is 1. The van der Waals surface area contributed by atoms with Crippen molar-refractivity contribution in [1.29, 1.82) is 0 Å². The summed E-state index contributed by atoms with van der Waals surface area (Å²) in [6, 6.07) is 0.103. The highest BCUT2D eigenvalue weighted by Gasteiger charge is 2.48. The first kappa shape index (κ1) is 8.04. The van der Waals surface area contributed by atoms with Crippen molar-refractivity contribution in [1.82, 2.24) is 4.90 Å². The Morgan fingerprint density at radius 2 is 2.50 bits per heavy atom. The number of aliphatic hydroxyl groups excluding tert-OH is 2. The summed E-state index contributed by atoms with van der Waals surface area (Å²) >= 11 is 0. The topological polar surface area (TPSA) is 52.9 Å². The van der Waals surface area contributed by atoms with Crippen molar-refractivity contribution in [2.75, 3.05) is 6.61 Å². The average Bonchev–Trinajstić information content (AvgIpc) is 2.24. The molecule has 0 aliphatic carbocycles.